The standard InChI is InChI=1S/C7H8NS/c1-3-8-5-6-2-4-9-7(1)6/h2,8H,1,3,5H2/q+1. The molecule has 0 aliphatic carbocycles. The van der Waals surface area contributed by atoms with Gasteiger partial charge in [0, 0.05) is 13.0 Å². The van der Waals surface area contributed by atoms with Crippen LogP contribution in [0.4, 0.5) is 0 Å². The molecular weight excluding hydrogens is 130 g/mol. The van der Waals surface area contributed by atoms with Crippen LogP contribution in [0.25, 0.3) is 0 Å². The monoisotopic (exact) mass is 138 g/mol. The lowest BCUT2D eigenvalue weighted by atomic mass is 10.1. The zero-order valence-electron chi connectivity index (χ0n) is 5.11. The molecule has 0 amide bonds. The van der Waals surface area contributed by atoms with Gasteiger partial charge in [-0.15, -0.1) is 0 Å². The summed E-state index contributed by atoms with van der Waals surface area (Å²) < 4.78 is 0. The number of thioether (sulfide) groups is 1. The Morgan fingerprint density at radius 2 is 2.67 bits per heavy atom. The minimum absolute atomic E-state index is 1.05. The highest BCUT2D eigenvalue weighted by Gasteiger charge is 2.23. The highest BCUT2D eigenvalue weighted by molar-refractivity contribution is 8.04. The summed E-state index contributed by atoms with van der Waals surface area (Å²) in [6.07, 6.45) is 3.29. The van der Waals surface area contributed by atoms with Crippen molar-refractivity contribution in [2.24, 2.45) is 0 Å². The molecule has 0 spiro atoms. The van der Waals surface area contributed by atoms with E-state index in [4.69, 9.17) is 0 Å². The van der Waals surface area contributed by atoms with Crippen molar-refractivity contribution in [2.45, 2.75) is 6.42 Å². The molecule has 0 saturated carbocycles. The molecule has 2 heterocycles. The first-order chi connectivity index (χ1) is 4.47. The summed E-state index contributed by atoms with van der Waals surface area (Å²) in [5.41, 5.74) is 1.45. The van der Waals surface area contributed by atoms with E-state index in [-0.39, 0.29) is 0 Å². The summed E-state index contributed by atoms with van der Waals surface area (Å²) in [4.78, 5) is 1.52. The van der Waals surface area contributed by atoms with Crippen LogP contribution >= 0.6 is 11.8 Å². The van der Waals surface area contributed by atoms with Gasteiger partial charge in [-0.2, -0.15) is 0 Å². The molecule has 0 fully saturated rings. The van der Waals surface area contributed by atoms with Gasteiger partial charge in [0.1, 0.15) is 15.9 Å². The number of hydrogen-bond donors (Lipinski definition) is 1. The quantitative estimate of drug-likeness (QED) is 0.506. The van der Waals surface area contributed by atoms with E-state index in [1.807, 2.05) is 0 Å². The molecular formula is C7H8NS+. The lowest BCUT2D eigenvalue weighted by Crippen LogP contribution is -2.22. The fourth-order valence-corrected chi connectivity index (χ4v) is 1.91. The van der Waals surface area contributed by atoms with Crippen LogP contribution in [0.3, 0.4) is 0 Å². The van der Waals surface area contributed by atoms with Crippen molar-refractivity contribution in [3.8, 4) is 0 Å². The molecule has 46 valence electrons. The van der Waals surface area contributed by atoms with E-state index in [9.17, 15) is 0 Å². The van der Waals surface area contributed by atoms with Crippen LogP contribution in [0, 0.1) is 5.41 Å². The van der Waals surface area contributed by atoms with Crippen LogP contribution in [0.2, 0.25) is 0 Å². The highest BCUT2D eigenvalue weighted by Crippen LogP contribution is 2.31. The predicted octanol–water partition coefficient (Wildman–Crippen LogP) is 1.30. The maximum Gasteiger partial charge on any atom is 0.173 e. The smallest absolute Gasteiger partial charge is 0.173 e. The number of nitrogens with one attached hydrogen (secondary N) is 1. The zero-order chi connectivity index (χ0) is 6.10. The molecule has 0 aromatic carbocycles. The largest absolute Gasteiger partial charge is 0.296 e. The van der Waals surface area contributed by atoms with Crippen molar-refractivity contribution in [3.05, 3.63) is 22.0 Å². The van der Waals surface area contributed by atoms with Crippen LogP contribution in [-0.4, -0.2) is 13.1 Å². The molecule has 0 radical (unpaired) electrons. The van der Waals surface area contributed by atoms with Crippen LogP contribution in [0.5, 0.6) is 0 Å². The van der Waals surface area contributed by atoms with E-state index in [0.29, 0.717) is 0 Å². The minimum Gasteiger partial charge on any atom is -0.296 e. The average Bonchev–Trinajstić information content (AvgIpc) is 2.33. The zero-order valence-corrected chi connectivity index (χ0v) is 5.92. The molecule has 2 heteroatoms. The van der Waals surface area contributed by atoms with Gasteiger partial charge in [0.15, 0.2) is 6.08 Å². The molecule has 0 aromatic rings. The third-order valence-electron chi connectivity index (χ3n) is 1.62. The summed E-state index contributed by atoms with van der Waals surface area (Å²) in [7, 11) is 0. The molecule has 0 saturated heterocycles. The van der Waals surface area contributed by atoms with Gasteiger partial charge < -0.3 is 0 Å². The minimum atomic E-state index is 1.05. The summed E-state index contributed by atoms with van der Waals surface area (Å²) in [5.74, 6) is 0. The van der Waals surface area contributed by atoms with Gasteiger partial charge in [-0.05, 0) is 0 Å². The normalized spacial score (nSPS) is 24.0. The van der Waals surface area contributed by atoms with E-state index in [2.05, 4.69) is 16.8 Å². The Labute approximate surface area is 59.2 Å². The molecule has 0 aromatic heterocycles. The third kappa shape index (κ3) is 0.897. The van der Waals surface area contributed by atoms with Crippen molar-refractivity contribution >= 4 is 11.8 Å². The molecule has 9 heavy (non-hydrogen) atoms. The summed E-state index contributed by atoms with van der Waals surface area (Å²) in [6.45, 7) is 2.19. The SMILES string of the molecule is [C+]1=CC2=C(CCNC2)S1. The Balaban J connectivity index is 2.24. The first-order valence-corrected chi connectivity index (χ1v) is 3.97. The first-order valence-electron chi connectivity index (χ1n) is 3.15. The van der Waals surface area contributed by atoms with Crippen LogP contribution in [-0.2, 0) is 0 Å². The highest BCUT2D eigenvalue weighted by atomic mass is 32.2. The topological polar surface area (TPSA) is 12.0 Å². The molecule has 2 aliphatic heterocycles. The van der Waals surface area contributed by atoms with Crippen LogP contribution in [0.15, 0.2) is 16.6 Å². The van der Waals surface area contributed by atoms with E-state index >= 15 is 0 Å². The van der Waals surface area contributed by atoms with E-state index < -0.39 is 0 Å². The third-order valence-corrected chi connectivity index (χ3v) is 2.57. The second-order valence-electron chi connectivity index (χ2n) is 2.24. The van der Waals surface area contributed by atoms with Gasteiger partial charge in [0.2, 0.25) is 0 Å². The van der Waals surface area contributed by atoms with Crippen LogP contribution in [0.1, 0.15) is 6.42 Å². The van der Waals surface area contributed by atoms with Gasteiger partial charge in [-0.3, -0.25) is 5.32 Å². The molecule has 0 bridgehead atoms. The van der Waals surface area contributed by atoms with Crippen molar-refractivity contribution in [3.63, 3.8) is 0 Å². The second kappa shape index (κ2) is 2.14. The van der Waals surface area contributed by atoms with E-state index in [0.717, 1.165) is 13.1 Å². The Hall–Kier alpha value is -0.300. The fourth-order valence-electron chi connectivity index (χ4n) is 1.10. The lowest BCUT2D eigenvalue weighted by molar-refractivity contribution is 0.707. The summed E-state index contributed by atoms with van der Waals surface area (Å²) in [6, 6.07) is 0. The molecule has 0 unspecified atom stereocenters. The maximum atomic E-state index is 3.31. The molecule has 1 N–H and O–H groups in total. The summed E-state index contributed by atoms with van der Waals surface area (Å²) >= 11 is 1.76. The van der Waals surface area contributed by atoms with Crippen molar-refractivity contribution in [1.82, 2.24) is 5.32 Å². The molecule has 2 aliphatic rings. The van der Waals surface area contributed by atoms with E-state index in [1.54, 1.807) is 11.8 Å². The Kier molecular flexibility index (Phi) is 1.31. The Bertz CT molecular complexity index is 181. The fraction of sp³-hybridized carbons (Fsp3) is 0.429. The second-order valence-corrected chi connectivity index (χ2v) is 3.17. The Morgan fingerprint density at radius 3 is 3.56 bits per heavy atom. The van der Waals surface area contributed by atoms with Gasteiger partial charge in [0.05, 0.1) is 18.3 Å². The molecule has 2 rings (SSSR count). The van der Waals surface area contributed by atoms with Crippen molar-refractivity contribution in [1.29, 1.82) is 0 Å². The van der Waals surface area contributed by atoms with Gasteiger partial charge >= 0.3 is 0 Å². The van der Waals surface area contributed by atoms with Crippen molar-refractivity contribution < 1.29 is 0 Å². The average molecular weight is 138 g/mol. The molecule has 1 nitrogen and oxygen atoms in total. The number of rotatable bonds is 0. The van der Waals surface area contributed by atoms with E-state index in [1.165, 1.54) is 16.9 Å². The molecule has 0 atom stereocenters. The van der Waals surface area contributed by atoms with Gasteiger partial charge in [-0.1, -0.05) is 0 Å². The van der Waals surface area contributed by atoms with Gasteiger partial charge in [0.25, 0.3) is 0 Å². The number of hydrogen-bond acceptors (Lipinski definition) is 2. The van der Waals surface area contributed by atoms with Crippen LogP contribution < -0.4 is 5.32 Å². The maximum absolute atomic E-state index is 3.31. The lowest BCUT2D eigenvalue weighted by Gasteiger charge is -2.06. The first kappa shape index (κ1) is 5.48. The summed E-state index contributed by atoms with van der Waals surface area (Å²) in [5, 5.41) is 6.46. The Morgan fingerprint density at radius 1 is 1.67 bits per heavy atom. The predicted molar refractivity (Wildman–Crippen MR) is 39.9 cm³/mol. The van der Waals surface area contributed by atoms with Gasteiger partial charge in [-0.25, -0.2) is 0 Å². The van der Waals surface area contributed by atoms with Crippen molar-refractivity contribution in [2.75, 3.05) is 13.1 Å².